The lowest BCUT2D eigenvalue weighted by atomic mass is 10.0. The average molecular weight is 315 g/mol. The Morgan fingerprint density at radius 2 is 1.52 bits per heavy atom. The maximum atomic E-state index is 6.02. The van der Waals surface area contributed by atoms with Crippen LogP contribution >= 0.6 is 23.2 Å². The molecule has 21 heavy (non-hydrogen) atoms. The molecule has 0 spiro atoms. The third kappa shape index (κ3) is 3.60. The Morgan fingerprint density at radius 3 is 2.14 bits per heavy atom. The smallest absolute Gasteiger partial charge is 0.0929 e. The third-order valence-corrected chi connectivity index (χ3v) is 3.59. The fourth-order valence-electron chi connectivity index (χ4n) is 2.20. The van der Waals surface area contributed by atoms with Crippen LogP contribution in [0.15, 0.2) is 60.8 Å². The Balaban J connectivity index is 1.81. The minimum absolute atomic E-state index is 0.661. The summed E-state index contributed by atoms with van der Waals surface area (Å²) in [5, 5.41) is 9.31. The SMILES string of the molecule is Clc1cc(Cl)cc(Cc2ccc(-c3cccnn3)cc2)c1. The van der Waals surface area contributed by atoms with E-state index >= 15 is 0 Å². The van der Waals surface area contributed by atoms with E-state index < -0.39 is 0 Å². The van der Waals surface area contributed by atoms with Gasteiger partial charge >= 0.3 is 0 Å². The Morgan fingerprint density at radius 1 is 0.810 bits per heavy atom. The van der Waals surface area contributed by atoms with E-state index in [0.29, 0.717) is 10.0 Å². The van der Waals surface area contributed by atoms with Gasteiger partial charge < -0.3 is 0 Å². The van der Waals surface area contributed by atoms with Crippen LogP contribution in [-0.2, 0) is 6.42 Å². The number of rotatable bonds is 3. The van der Waals surface area contributed by atoms with Gasteiger partial charge in [0.05, 0.1) is 5.69 Å². The highest BCUT2D eigenvalue weighted by atomic mass is 35.5. The van der Waals surface area contributed by atoms with E-state index in [0.717, 1.165) is 23.2 Å². The highest BCUT2D eigenvalue weighted by Crippen LogP contribution is 2.22. The summed E-state index contributed by atoms with van der Waals surface area (Å²) in [6.07, 6.45) is 2.46. The molecule has 0 saturated carbocycles. The first-order valence-electron chi connectivity index (χ1n) is 6.53. The standard InChI is InChI=1S/C17H12Cl2N2/c18-15-9-13(10-16(19)11-15)8-12-3-5-14(6-4-12)17-2-1-7-20-21-17/h1-7,9-11H,8H2. The minimum Gasteiger partial charge on any atom is -0.159 e. The molecule has 3 rings (SSSR count). The predicted octanol–water partition coefficient (Wildman–Crippen LogP) is 5.04. The highest BCUT2D eigenvalue weighted by Gasteiger charge is 2.02. The van der Waals surface area contributed by atoms with Gasteiger partial charge in [0.2, 0.25) is 0 Å². The van der Waals surface area contributed by atoms with E-state index in [4.69, 9.17) is 23.2 Å². The molecule has 2 aromatic carbocycles. The summed E-state index contributed by atoms with van der Waals surface area (Å²) >= 11 is 12.0. The maximum Gasteiger partial charge on any atom is 0.0929 e. The molecule has 0 amide bonds. The number of hydrogen-bond acceptors (Lipinski definition) is 2. The molecule has 0 aliphatic heterocycles. The van der Waals surface area contributed by atoms with Crippen LogP contribution in [0.2, 0.25) is 10.0 Å². The molecular weight excluding hydrogens is 303 g/mol. The van der Waals surface area contributed by atoms with Crippen molar-refractivity contribution in [2.45, 2.75) is 6.42 Å². The zero-order chi connectivity index (χ0) is 14.7. The summed E-state index contributed by atoms with van der Waals surface area (Å²) < 4.78 is 0. The van der Waals surface area contributed by atoms with Gasteiger partial charge in [0, 0.05) is 21.8 Å². The second kappa shape index (κ2) is 6.25. The first kappa shape index (κ1) is 14.1. The zero-order valence-electron chi connectivity index (χ0n) is 11.1. The summed E-state index contributed by atoms with van der Waals surface area (Å²) in [4.78, 5) is 0. The maximum absolute atomic E-state index is 6.02. The monoisotopic (exact) mass is 314 g/mol. The Hall–Kier alpha value is -1.90. The Kier molecular flexibility index (Phi) is 4.18. The van der Waals surface area contributed by atoms with E-state index in [-0.39, 0.29) is 0 Å². The van der Waals surface area contributed by atoms with Crippen LogP contribution in [0.1, 0.15) is 11.1 Å². The van der Waals surface area contributed by atoms with Crippen molar-refractivity contribution in [3.63, 3.8) is 0 Å². The van der Waals surface area contributed by atoms with Crippen LogP contribution in [0.25, 0.3) is 11.3 Å². The van der Waals surface area contributed by atoms with Crippen molar-refractivity contribution < 1.29 is 0 Å². The van der Waals surface area contributed by atoms with Crippen molar-refractivity contribution in [3.8, 4) is 11.3 Å². The number of hydrogen-bond donors (Lipinski definition) is 0. The summed E-state index contributed by atoms with van der Waals surface area (Å²) in [6.45, 7) is 0. The summed E-state index contributed by atoms with van der Waals surface area (Å²) in [6, 6.07) is 17.7. The van der Waals surface area contributed by atoms with Gasteiger partial charge in [-0.3, -0.25) is 0 Å². The van der Waals surface area contributed by atoms with Gasteiger partial charge in [-0.05, 0) is 47.9 Å². The largest absolute Gasteiger partial charge is 0.159 e. The Labute approximate surface area is 133 Å². The van der Waals surface area contributed by atoms with E-state index in [2.05, 4.69) is 22.3 Å². The fourth-order valence-corrected chi connectivity index (χ4v) is 2.77. The van der Waals surface area contributed by atoms with Gasteiger partial charge in [-0.25, -0.2) is 0 Å². The molecule has 0 bridgehead atoms. The quantitative estimate of drug-likeness (QED) is 0.676. The van der Waals surface area contributed by atoms with Gasteiger partial charge in [-0.2, -0.15) is 10.2 Å². The molecule has 0 N–H and O–H groups in total. The van der Waals surface area contributed by atoms with Crippen LogP contribution in [-0.4, -0.2) is 10.2 Å². The molecule has 1 heterocycles. The van der Waals surface area contributed by atoms with Crippen LogP contribution < -0.4 is 0 Å². The molecular formula is C17H12Cl2N2. The number of aromatic nitrogens is 2. The molecule has 1 aromatic heterocycles. The lowest BCUT2D eigenvalue weighted by Gasteiger charge is -2.05. The second-order valence-electron chi connectivity index (χ2n) is 4.76. The normalized spacial score (nSPS) is 10.6. The molecule has 0 radical (unpaired) electrons. The molecule has 0 unspecified atom stereocenters. The van der Waals surface area contributed by atoms with Crippen molar-refractivity contribution in [1.29, 1.82) is 0 Å². The predicted molar refractivity (Wildman–Crippen MR) is 86.7 cm³/mol. The average Bonchev–Trinajstić information content (AvgIpc) is 2.48. The highest BCUT2D eigenvalue weighted by molar-refractivity contribution is 6.34. The first-order valence-corrected chi connectivity index (χ1v) is 7.28. The van der Waals surface area contributed by atoms with Crippen LogP contribution in [0, 0.1) is 0 Å². The molecule has 104 valence electrons. The van der Waals surface area contributed by atoms with Crippen molar-refractivity contribution in [1.82, 2.24) is 10.2 Å². The minimum atomic E-state index is 0.661. The second-order valence-corrected chi connectivity index (χ2v) is 5.63. The number of halogens is 2. The summed E-state index contributed by atoms with van der Waals surface area (Å²) in [5.41, 5.74) is 4.21. The van der Waals surface area contributed by atoms with Gasteiger partial charge in [0.25, 0.3) is 0 Å². The first-order chi connectivity index (χ1) is 10.2. The topological polar surface area (TPSA) is 25.8 Å². The summed E-state index contributed by atoms with van der Waals surface area (Å²) in [7, 11) is 0. The lowest BCUT2D eigenvalue weighted by Crippen LogP contribution is -1.90. The fraction of sp³-hybridized carbons (Fsp3) is 0.0588. The summed E-state index contributed by atoms with van der Waals surface area (Å²) in [5.74, 6) is 0. The molecule has 0 aliphatic rings. The molecule has 2 nitrogen and oxygen atoms in total. The number of benzene rings is 2. The molecule has 0 aliphatic carbocycles. The van der Waals surface area contributed by atoms with E-state index in [1.165, 1.54) is 5.56 Å². The number of nitrogens with zero attached hydrogens (tertiary/aromatic N) is 2. The molecule has 0 atom stereocenters. The molecule has 0 fully saturated rings. The van der Waals surface area contributed by atoms with Gasteiger partial charge in [-0.1, -0.05) is 47.5 Å². The molecule has 3 aromatic rings. The van der Waals surface area contributed by atoms with Crippen molar-refractivity contribution in [2.24, 2.45) is 0 Å². The molecule has 0 saturated heterocycles. The van der Waals surface area contributed by atoms with Crippen molar-refractivity contribution >= 4 is 23.2 Å². The zero-order valence-corrected chi connectivity index (χ0v) is 12.6. The van der Waals surface area contributed by atoms with Crippen LogP contribution in [0.5, 0.6) is 0 Å². The van der Waals surface area contributed by atoms with E-state index in [1.54, 1.807) is 12.3 Å². The van der Waals surface area contributed by atoms with Gasteiger partial charge in [-0.15, -0.1) is 0 Å². The van der Waals surface area contributed by atoms with E-state index in [1.807, 2.05) is 36.4 Å². The van der Waals surface area contributed by atoms with Crippen molar-refractivity contribution in [2.75, 3.05) is 0 Å². The van der Waals surface area contributed by atoms with Gasteiger partial charge in [0.1, 0.15) is 0 Å². The Bertz CT molecular complexity index is 720. The van der Waals surface area contributed by atoms with Crippen LogP contribution in [0.3, 0.4) is 0 Å². The van der Waals surface area contributed by atoms with Crippen LogP contribution in [0.4, 0.5) is 0 Å². The van der Waals surface area contributed by atoms with Gasteiger partial charge in [0.15, 0.2) is 0 Å². The third-order valence-electron chi connectivity index (χ3n) is 3.15. The van der Waals surface area contributed by atoms with E-state index in [9.17, 15) is 0 Å². The molecule has 4 heteroatoms. The lowest BCUT2D eigenvalue weighted by molar-refractivity contribution is 1.04. The van der Waals surface area contributed by atoms with Crippen molar-refractivity contribution in [3.05, 3.63) is 82.0 Å².